The molecular weight excluding hydrogens is 168 g/mol. The number of hydrogen-bond donors (Lipinski definition) is 0. The largest absolute Gasteiger partial charge is 0.0651 e. The molecule has 0 nitrogen and oxygen atoms in total. The summed E-state index contributed by atoms with van der Waals surface area (Å²) in [6.45, 7) is 9.59. The van der Waals surface area contributed by atoms with Crippen molar-refractivity contribution in [3.05, 3.63) is 0 Å². The first-order valence-corrected chi connectivity index (χ1v) is 6.69. The molecule has 0 spiro atoms. The van der Waals surface area contributed by atoms with Crippen molar-refractivity contribution in [1.29, 1.82) is 0 Å². The van der Waals surface area contributed by atoms with Gasteiger partial charge in [-0.1, -0.05) is 59.8 Å². The molecule has 14 heavy (non-hydrogen) atoms. The maximum absolute atomic E-state index is 2.47. The first kappa shape index (κ1) is 12.1. The second-order valence-electron chi connectivity index (χ2n) is 5.43. The van der Waals surface area contributed by atoms with Crippen molar-refractivity contribution in [2.24, 2.45) is 23.7 Å². The Morgan fingerprint density at radius 3 is 2.14 bits per heavy atom. The van der Waals surface area contributed by atoms with Crippen LogP contribution in [0.2, 0.25) is 0 Å². The van der Waals surface area contributed by atoms with Gasteiger partial charge in [0.1, 0.15) is 0 Å². The zero-order valence-electron chi connectivity index (χ0n) is 10.6. The summed E-state index contributed by atoms with van der Waals surface area (Å²) in [7, 11) is 0. The molecule has 0 radical (unpaired) electrons. The van der Waals surface area contributed by atoms with Crippen LogP contribution >= 0.6 is 0 Å². The summed E-state index contributed by atoms with van der Waals surface area (Å²) in [4.78, 5) is 0. The van der Waals surface area contributed by atoms with E-state index < -0.39 is 0 Å². The Labute approximate surface area is 90.5 Å². The Kier molecular flexibility index (Phi) is 4.98. The van der Waals surface area contributed by atoms with Crippen molar-refractivity contribution in [3.8, 4) is 0 Å². The van der Waals surface area contributed by atoms with Crippen LogP contribution < -0.4 is 0 Å². The van der Waals surface area contributed by atoms with Crippen LogP contribution in [0.5, 0.6) is 0 Å². The molecule has 1 rings (SSSR count). The number of rotatable bonds is 7. The summed E-state index contributed by atoms with van der Waals surface area (Å²) in [5.74, 6) is 3.96. The standard InChI is InChI=1S/C14H28/c1-5-11(3)12(4)14(6-2)10-9-13-7-8-13/h11-14H,5-10H2,1-4H3. The zero-order chi connectivity index (χ0) is 10.6. The molecule has 3 atom stereocenters. The van der Waals surface area contributed by atoms with E-state index in [9.17, 15) is 0 Å². The molecule has 0 aromatic carbocycles. The van der Waals surface area contributed by atoms with E-state index in [0.29, 0.717) is 0 Å². The first-order chi connectivity index (χ1) is 6.69. The lowest BCUT2D eigenvalue weighted by Gasteiger charge is -2.27. The van der Waals surface area contributed by atoms with Crippen molar-refractivity contribution < 1.29 is 0 Å². The highest BCUT2D eigenvalue weighted by Crippen LogP contribution is 2.37. The molecule has 0 heterocycles. The van der Waals surface area contributed by atoms with E-state index in [1.54, 1.807) is 0 Å². The van der Waals surface area contributed by atoms with Crippen LogP contribution in [-0.4, -0.2) is 0 Å². The van der Waals surface area contributed by atoms with Crippen molar-refractivity contribution in [3.63, 3.8) is 0 Å². The lowest BCUT2D eigenvalue weighted by molar-refractivity contribution is 0.230. The highest BCUT2D eigenvalue weighted by atomic mass is 14.3. The van der Waals surface area contributed by atoms with Gasteiger partial charge in [-0.15, -0.1) is 0 Å². The molecule has 0 amide bonds. The Morgan fingerprint density at radius 1 is 1.07 bits per heavy atom. The van der Waals surface area contributed by atoms with Gasteiger partial charge in [-0.2, -0.15) is 0 Å². The van der Waals surface area contributed by atoms with Crippen molar-refractivity contribution in [2.45, 2.75) is 66.2 Å². The van der Waals surface area contributed by atoms with Gasteiger partial charge >= 0.3 is 0 Å². The molecule has 1 fully saturated rings. The minimum absolute atomic E-state index is 0.916. The SMILES string of the molecule is CCC(C)C(C)C(CC)CCC1CC1. The average molecular weight is 196 g/mol. The van der Waals surface area contributed by atoms with Crippen molar-refractivity contribution in [1.82, 2.24) is 0 Å². The predicted octanol–water partition coefficient (Wildman–Crippen LogP) is 4.89. The van der Waals surface area contributed by atoms with E-state index in [1.807, 2.05) is 0 Å². The molecule has 0 bridgehead atoms. The van der Waals surface area contributed by atoms with E-state index >= 15 is 0 Å². The fourth-order valence-electron chi connectivity index (χ4n) is 2.53. The van der Waals surface area contributed by atoms with Crippen LogP contribution in [0.25, 0.3) is 0 Å². The normalized spacial score (nSPS) is 23.1. The molecule has 0 heteroatoms. The van der Waals surface area contributed by atoms with Gasteiger partial charge in [-0.3, -0.25) is 0 Å². The van der Waals surface area contributed by atoms with Gasteiger partial charge in [0.05, 0.1) is 0 Å². The predicted molar refractivity (Wildman–Crippen MR) is 64.4 cm³/mol. The van der Waals surface area contributed by atoms with Gasteiger partial charge in [-0.05, 0) is 30.1 Å². The molecule has 0 saturated heterocycles. The van der Waals surface area contributed by atoms with Crippen LogP contribution in [0.3, 0.4) is 0 Å². The molecule has 1 saturated carbocycles. The third-order valence-electron chi connectivity index (χ3n) is 4.45. The lowest BCUT2D eigenvalue weighted by atomic mass is 9.78. The Morgan fingerprint density at radius 2 is 1.71 bits per heavy atom. The van der Waals surface area contributed by atoms with E-state index in [4.69, 9.17) is 0 Å². The van der Waals surface area contributed by atoms with Crippen LogP contribution in [0, 0.1) is 23.7 Å². The monoisotopic (exact) mass is 196 g/mol. The topological polar surface area (TPSA) is 0 Å². The summed E-state index contributed by atoms with van der Waals surface area (Å²) in [6, 6.07) is 0. The summed E-state index contributed by atoms with van der Waals surface area (Å²) in [6.07, 6.45) is 8.79. The first-order valence-electron chi connectivity index (χ1n) is 6.69. The van der Waals surface area contributed by atoms with E-state index in [0.717, 1.165) is 23.7 Å². The van der Waals surface area contributed by atoms with Gasteiger partial charge in [0, 0.05) is 0 Å². The average Bonchev–Trinajstić information content (AvgIpc) is 3.01. The molecular formula is C14H28. The molecule has 3 unspecified atom stereocenters. The van der Waals surface area contributed by atoms with Gasteiger partial charge in [-0.25, -0.2) is 0 Å². The Hall–Kier alpha value is 0. The fraction of sp³-hybridized carbons (Fsp3) is 1.00. The Balaban J connectivity index is 2.26. The molecule has 0 aliphatic heterocycles. The minimum atomic E-state index is 0.916. The summed E-state index contributed by atoms with van der Waals surface area (Å²) >= 11 is 0. The maximum atomic E-state index is 2.47. The van der Waals surface area contributed by atoms with E-state index in [1.165, 1.54) is 38.5 Å². The van der Waals surface area contributed by atoms with Crippen molar-refractivity contribution >= 4 is 0 Å². The van der Waals surface area contributed by atoms with Crippen LogP contribution in [-0.2, 0) is 0 Å². The van der Waals surface area contributed by atoms with E-state index in [2.05, 4.69) is 27.7 Å². The van der Waals surface area contributed by atoms with E-state index in [-0.39, 0.29) is 0 Å². The Bertz CT molecular complexity index is 146. The minimum Gasteiger partial charge on any atom is -0.0651 e. The highest BCUT2D eigenvalue weighted by molar-refractivity contribution is 4.77. The summed E-state index contributed by atoms with van der Waals surface area (Å²) < 4.78 is 0. The second-order valence-corrected chi connectivity index (χ2v) is 5.43. The number of hydrogen-bond acceptors (Lipinski definition) is 0. The highest BCUT2D eigenvalue weighted by Gasteiger charge is 2.25. The van der Waals surface area contributed by atoms with Crippen LogP contribution in [0.1, 0.15) is 66.2 Å². The van der Waals surface area contributed by atoms with Gasteiger partial charge in [0.15, 0.2) is 0 Å². The summed E-state index contributed by atoms with van der Waals surface area (Å²) in [5, 5.41) is 0. The smallest absolute Gasteiger partial charge is 0.0388 e. The summed E-state index contributed by atoms with van der Waals surface area (Å²) in [5.41, 5.74) is 0. The zero-order valence-corrected chi connectivity index (χ0v) is 10.6. The van der Waals surface area contributed by atoms with Gasteiger partial charge < -0.3 is 0 Å². The quantitative estimate of drug-likeness (QED) is 0.544. The molecule has 0 aromatic heterocycles. The third kappa shape index (κ3) is 3.63. The van der Waals surface area contributed by atoms with Crippen LogP contribution in [0.15, 0.2) is 0 Å². The van der Waals surface area contributed by atoms with Crippen molar-refractivity contribution in [2.75, 3.05) is 0 Å². The molecule has 0 aromatic rings. The third-order valence-corrected chi connectivity index (χ3v) is 4.45. The molecule has 1 aliphatic carbocycles. The van der Waals surface area contributed by atoms with Gasteiger partial charge in [0.25, 0.3) is 0 Å². The second kappa shape index (κ2) is 5.78. The molecule has 0 N–H and O–H groups in total. The molecule has 84 valence electrons. The van der Waals surface area contributed by atoms with Crippen LogP contribution in [0.4, 0.5) is 0 Å². The fourth-order valence-corrected chi connectivity index (χ4v) is 2.53. The molecule has 1 aliphatic rings. The maximum Gasteiger partial charge on any atom is -0.0388 e. The lowest BCUT2D eigenvalue weighted by Crippen LogP contribution is -2.18. The van der Waals surface area contributed by atoms with Gasteiger partial charge in [0.2, 0.25) is 0 Å².